The average Bonchev–Trinajstić information content (AvgIpc) is 3.01. The van der Waals surface area contributed by atoms with Gasteiger partial charge >= 0.3 is 0 Å². The van der Waals surface area contributed by atoms with Crippen LogP contribution >= 0.6 is 12.1 Å². The predicted molar refractivity (Wildman–Crippen MR) is 122 cm³/mol. The van der Waals surface area contributed by atoms with E-state index in [0.717, 1.165) is 25.3 Å². The molecule has 0 bridgehead atoms. The highest BCUT2D eigenvalue weighted by atomic mass is 32.2. The molecule has 4 nitrogen and oxygen atoms in total. The Morgan fingerprint density at radius 1 is 1.11 bits per heavy atom. The first-order valence-electron chi connectivity index (χ1n) is 9.81. The minimum atomic E-state index is 0.603. The van der Waals surface area contributed by atoms with Crippen LogP contribution in [0.15, 0.2) is 48.7 Å². The number of hydrogen-bond donors (Lipinski definition) is 1. The lowest BCUT2D eigenvalue weighted by atomic mass is 10.0. The second kappa shape index (κ2) is 9.50. The van der Waals surface area contributed by atoms with E-state index in [1.807, 2.05) is 26.2 Å². The van der Waals surface area contributed by atoms with Crippen LogP contribution in [0, 0.1) is 5.92 Å². The number of ether oxygens (including phenoxy) is 1. The molecule has 0 spiro atoms. The van der Waals surface area contributed by atoms with E-state index in [1.54, 1.807) is 19.2 Å². The lowest BCUT2D eigenvalue weighted by Crippen LogP contribution is -2.15. The Bertz CT molecular complexity index is 917. The van der Waals surface area contributed by atoms with Crippen LogP contribution in [-0.2, 0) is 13.0 Å². The van der Waals surface area contributed by atoms with Gasteiger partial charge in [0, 0.05) is 42.3 Å². The van der Waals surface area contributed by atoms with Gasteiger partial charge in [-0.25, -0.2) is 4.31 Å². The molecule has 5 heteroatoms. The highest BCUT2D eigenvalue weighted by molar-refractivity contribution is 7.95. The zero-order valence-corrected chi connectivity index (χ0v) is 18.3. The summed E-state index contributed by atoms with van der Waals surface area (Å²) in [6.07, 6.45) is 3.35. The predicted octanol–water partition coefficient (Wildman–Crippen LogP) is 5.23. The summed E-state index contributed by atoms with van der Waals surface area (Å²) in [7, 11) is 5.81. The summed E-state index contributed by atoms with van der Waals surface area (Å²) in [5.41, 5.74) is 5.12. The minimum absolute atomic E-state index is 0.603. The molecule has 3 aromatic rings. The first-order valence-corrected chi connectivity index (χ1v) is 10.6. The first-order chi connectivity index (χ1) is 13.5. The minimum Gasteiger partial charge on any atom is -0.497 e. The Labute approximate surface area is 173 Å². The van der Waals surface area contributed by atoms with Crippen molar-refractivity contribution < 1.29 is 4.74 Å². The van der Waals surface area contributed by atoms with E-state index in [1.165, 1.54) is 27.6 Å². The number of methoxy groups -OCH3 is 1. The Kier molecular flexibility index (Phi) is 7.05. The van der Waals surface area contributed by atoms with Gasteiger partial charge in [0.2, 0.25) is 0 Å². The molecule has 0 atom stereocenters. The molecule has 150 valence electrons. The van der Waals surface area contributed by atoms with Gasteiger partial charge < -0.3 is 9.30 Å². The van der Waals surface area contributed by atoms with Crippen molar-refractivity contribution >= 4 is 23.0 Å². The molecule has 0 aliphatic heterocycles. The summed E-state index contributed by atoms with van der Waals surface area (Å²) in [4.78, 5) is 0. The maximum atomic E-state index is 5.40. The van der Waals surface area contributed by atoms with Gasteiger partial charge in [-0.3, -0.25) is 4.72 Å². The second-order valence-corrected chi connectivity index (χ2v) is 8.91. The van der Waals surface area contributed by atoms with Crippen LogP contribution < -0.4 is 9.46 Å². The molecule has 1 N–H and O–H groups in total. The molecule has 0 aliphatic rings. The van der Waals surface area contributed by atoms with Gasteiger partial charge in [-0.1, -0.05) is 38.1 Å². The standard InChI is InChI=1S/C23H31N3OS/c1-17(2)15-26-16-20(11-12-24-28-25(3)4)22-10-9-19(14-23(22)26)18-7-6-8-21(13-18)27-5/h6-10,13-14,16-17,24H,11-12,15H2,1-5H3. The number of nitrogens with zero attached hydrogens (tertiary/aromatic N) is 2. The van der Waals surface area contributed by atoms with E-state index >= 15 is 0 Å². The Balaban J connectivity index is 1.93. The zero-order chi connectivity index (χ0) is 20.1. The van der Waals surface area contributed by atoms with E-state index in [-0.39, 0.29) is 0 Å². The van der Waals surface area contributed by atoms with Crippen molar-refractivity contribution in [2.75, 3.05) is 27.7 Å². The van der Waals surface area contributed by atoms with Crippen LogP contribution in [0.3, 0.4) is 0 Å². The lowest BCUT2D eigenvalue weighted by molar-refractivity contribution is 0.415. The molecule has 28 heavy (non-hydrogen) atoms. The molecule has 0 aliphatic carbocycles. The third kappa shape index (κ3) is 5.10. The van der Waals surface area contributed by atoms with E-state index in [9.17, 15) is 0 Å². The molecule has 3 rings (SSSR count). The van der Waals surface area contributed by atoms with Crippen molar-refractivity contribution in [1.29, 1.82) is 0 Å². The number of benzene rings is 2. The fourth-order valence-electron chi connectivity index (χ4n) is 3.45. The van der Waals surface area contributed by atoms with Crippen molar-refractivity contribution in [2.45, 2.75) is 26.8 Å². The van der Waals surface area contributed by atoms with Gasteiger partial charge in [0.25, 0.3) is 0 Å². The molecule has 1 aromatic heterocycles. The monoisotopic (exact) mass is 397 g/mol. The van der Waals surface area contributed by atoms with Crippen molar-refractivity contribution in [3.63, 3.8) is 0 Å². The van der Waals surface area contributed by atoms with E-state index < -0.39 is 0 Å². The second-order valence-electron chi connectivity index (χ2n) is 7.71. The van der Waals surface area contributed by atoms with Gasteiger partial charge in [-0.05, 0) is 61.3 Å². The molecule has 0 fully saturated rings. The van der Waals surface area contributed by atoms with Gasteiger partial charge in [0.1, 0.15) is 5.75 Å². The Morgan fingerprint density at radius 3 is 2.61 bits per heavy atom. The summed E-state index contributed by atoms with van der Waals surface area (Å²) in [6.45, 7) is 6.51. The first kappa shape index (κ1) is 20.8. The lowest BCUT2D eigenvalue weighted by Gasteiger charge is -2.10. The molecule has 0 radical (unpaired) electrons. The molecule has 0 amide bonds. The summed E-state index contributed by atoms with van der Waals surface area (Å²) in [5, 5.41) is 1.35. The van der Waals surface area contributed by atoms with Crippen molar-refractivity contribution in [1.82, 2.24) is 13.6 Å². The largest absolute Gasteiger partial charge is 0.497 e. The topological polar surface area (TPSA) is 29.4 Å². The van der Waals surface area contributed by atoms with Crippen molar-refractivity contribution in [3.05, 3.63) is 54.2 Å². The molecular weight excluding hydrogens is 366 g/mol. The Hall–Kier alpha value is -1.95. The smallest absolute Gasteiger partial charge is 0.119 e. The zero-order valence-electron chi connectivity index (χ0n) is 17.5. The van der Waals surface area contributed by atoms with E-state index in [4.69, 9.17) is 4.74 Å². The highest BCUT2D eigenvalue weighted by Crippen LogP contribution is 2.30. The molecule has 0 saturated heterocycles. The maximum Gasteiger partial charge on any atom is 0.119 e. The van der Waals surface area contributed by atoms with Crippen LogP contribution in [0.4, 0.5) is 0 Å². The van der Waals surface area contributed by atoms with Crippen LogP contribution in [0.25, 0.3) is 22.0 Å². The molecule has 0 unspecified atom stereocenters. The number of nitrogens with one attached hydrogen (secondary N) is 1. The van der Waals surface area contributed by atoms with Crippen LogP contribution in [0.1, 0.15) is 19.4 Å². The third-order valence-corrected chi connectivity index (χ3v) is 5.37. The van der Waals surface area contributed by atoms with E-state index in [2.05, 4.69) is 64.0 Å². The van der Waals surface area contributed by atoms with Gasteiger partial charge in [-0.2, -0.15) is 0 Å². The maximum absolute atomic E-state index is 5.40. The van der Waals surface area contributed by atoms with E-state index in [0.29, 0.717) is 5.92 Å². The SMILES string of the molecule is COc1cccc(-c2ccc3c(CCNSN(C)C)cn(CC(C)C)c3c2)c1. The summed E-state index contributed by atoms with van der Waals surface area (Å²) < 4.78 is 13.3. The van der Waals surface area contributed by atoms with Crippen LogP contribution in [0.2, 0.25) is 0 Å². The quantitative estimate of drug-likeness (QED) is 0.395. The molecular formula is C23H31N3OS. The van der Waals surface area contributed by atoms with Gasteiger partial charge in [0.15, 0.2) is 0 Å². The number of aromatic nitrogens is 1. The van der Waals surface area contributed by atoms with Gasteiger partial charge in [-0.15, -0.1) is 0 Å². The van der Waals surface area contributed by atoms with Crippen LogP contribution in [0.5, 0.6) is 5.75 Å². The van der Waals surface area contributed by atoms with Crippen molar-refractivity contribution in [3.8, 4) is 16.9 Å². The summed E-state index contributed by atoms with van der Waals surface area (Å²) in [5.74, 6) is 1.49. The number of rotatable bonds is 9. The average molecular weight is 398 g/mol. The molecule has 1 heterocycles. The fourth-order valence-corrected chi connectivity index (χ4v) is 3.91. The van der Waals surface area contributed by atoms with Crippen molar-refractivity contribution in [2.24, 2.45) is 5.92 Å². The summed E-state index contributed by atoms with van der Waals surface area (Å²) >= 11 is 1.64. The molecule has 0 saturated carbocycles. The summed E-state index contributed by atoms with van der Waals surface area (Å²) in [6, 6.07) is 15.1. The fraction of sp³-hybridized carbons (Fsp3) is 0.391. The Morgan fingerprint density at radius 2 is 1.89 bits per heavy atom. The van der Waals surface area contributed by atoms with Gasteiger partial charge in [0.05, 0.1) is 7.11 Å². The molecule has 2 aromatic carbocycles. The number of fused-ring (bicyclic) bond motifs is 1. The highest BCUT2D eigenvalue weighted by Gasteiger charge is 2.11. The third-order valence-electron chi connectivity index (χ3n) is 4.67. The number of hydrogen-bond acceptors (Lipinski definition) is 4. The van der Waals surface area contributed by atoms with Crippen LogP contribution in [-0.4, -0.2) is 36.6 Å². The normalized spacial score (nSPS) is 11.7.